The van der Waals surface area contributed by atoms with Gasteiger partial charge in [0.05, 0.1) is 29.4 Å². The van der Waals surface area contributed by atoms with Gasteiger partial charge in [-0.3, -0.25) is 14.9 Å². The van der Waals surface area contributed by atoms with E-state index in [9.17, 15) is 19.7 Å². The zero-order valence-corrected chi connectivity index (χ0v) is 14.5. The van der Waals surface area contributed by atoms with Crippen LogP contribution >= 0.6 is 0 Å². The first-order chi connectivity index (χ1) is 12.3. The number of anilines is 1. The largest absolute Gasteiger partial charge is 0.494 e. The van der Waals surface area contributed by atoms with E-state index in [2.05, 4.69) is 5.32 Å². The lowest BCUT2D eigenvalue weighted by Gasteiger charge is -2.15. The first-order valence-electron chi connectivity index (χ1n) is 7.73. The molecule has 1 amide bonds. The first-order valence-corrected chi connectivity index (χ1v) is 7.73. The highest BCUT2D eigenvalue weighted by Crippen LogP contribution is 2.29. The number of nitro groups is 1. The van der Waals surface area contributed by atoms with Crippen molar-refractivity contribution in [2.75, 3.05) is 12.4 Å². The number of non-ortho nitro benzene ring substituents is 1. The van der Waals surface area contributed by atoms with Gasteiger partial charge in [0, 0.05) is 6.07 Å². The fraction of sp³-hybridized carbons (Fsp3) is 0.222. The van der Waals surface area contributed by atoms with Gasteiger partial charge in [-0.2, -0.15) is 0 Å². The normalized spacial score (nSPS) is 11.3. The molecule has 0 aliphatic rings. The molecule has 26 heavy (non-hydrogen) atoms. The van der Waals surface area contributed by atoms with Crippen LogP contribution in [-0.4, -0.2) is 30.0 Å². The van der Waals surface area contributed by atoms with Crippen LogP contribution in [0.5, 0.6) is 5.75 Å². The summed E-state index contributed by atoms with van der Waals surface area (Å²) in [6, 6.07) is 10.7. The lowest BCUT2D eigenvalue weighted by Crippen LogP contribution is -2.30. The van der Waals surface area contributed by atoms with Gasteiger partial charge in [0.15, 0.2) is 6.10 Å². The molecule has 0 saturated heterocycles. The molecule has 2 aromatic carbocycles. The molecule has 0 spiro atoms. The van der Waals surface area contributed by atoms with Crippen LogP contribution < -0.4 is 10.1 Å². The number of rotatable bonds is 6. The van der Waals surface area contributed by atoms with Gasteiger partial charge in [-0.05, 0) is 31.5 Å². The molecule has 2 rings (SSSR count). The number of esters is 1. The number of carbonyl (C=O) groups excluding carboxylic acids is 2. The minimum Gasteiger partial charge on any atom is -0.494 e. The maximum atomic E-state index is 12.3. The van der Waals surface area contributed by atoms with E-state index in [0.717, 1.165) is 5.56 Å². The predicted molar refractivity (Wildman–Crippen MR) is 94.3 cm³/mol. The summed E-state index contributed by atoms with van der Waals surface area (Å²) in [5.74, 6) is -1.06. The molecule has 0 aliphatic carbocycles. The minimum atomic E-state index is -1.07. The maximum absolute atomic E-state index is 12.3. The Morgan fingerprint density at radius 1 is 1.19 bits per heavy atom. The third kappa shape index (κ3) is 4.35. The van der Waals surface area contributed by atoms with Crippen molar-refractivity contribution < 1.29 is 24.0 Å². The topological polar surface area (TPSA) is 108 Å². The molecule has 1 atom stereocenters. The van der Waals surface area contributed by atoms with E-state index in [1.54, 1.807) is 31.2 Å². The summed E-state index contributed by atoms with van der Waals surface area (Å²) in [7, 11) is 1.33. The molecule has 8 nitrogen and oxygen atoms in total. The van der Waals surface area contributed by atoms with Gasteiger partial charge in [0.2, 0.25) is 0 Å². The number of aryl methyl sites for hydroxylation is 1. The zero-order chi connectivity index (χ0) is 19.3. The number of nitrogens with one attached hydrogen (secondary N) is 1. The smallest absolute Gasteiger partial charge is 0.339 e. The molecule has 0 saturated carbocycles. The van der Waals surface area contributed by atoms with Crippen molar-refractivity contribution in [2.24, 2.45) is 0 Å². The molecule has 0 aliphatic heterocycles. The Hall–Kier alpha value is -3.42. The Kier molecular flexibility index (Phi) is 5.90. The average Bonchev–Trinajstić information content (AvgIpc) is 2.61. The molecular weight excluding hydrogens is 340 g/mol. The Balaban J connectivity index is 2.08. The number of nitro benzene ring substituents is 1. The second-order valence-corrected chi connectivity index (χ2v) is 5.49. The number of amides is 1. The molecule has 0 aromatic heterocycles. The van der Waals surface area contributed by atoms with Crippen molar-refractivity contribution in [2.45, 2.75) is 20.0 Å². The van der Waals surface area contributed by atoms with Crippen molar-refractivity contribution in [3.63, 3.8) is 0 Å². The monoisotopic (exact) mass is 358 g/mol. The lowest BCUT2D eigenvalue weighted by atomic mass is 10.1. The van der Waals surface area contributed by atoms with Gasteiger partial charge in [0.1, 0.15) is 5.75 Å². The molecule has 0 radical (unpaired) electrons. The van der Waals surface area contributed by atoms with E-state index in [1.165, 1.54) is 32.2 Å². The highest BCUT2D eigenvalue weighted by molar-refractivity contribution is 5.98. The number of methoxy groups -OCH3 is 1. The SMILES string of the molecule is COc1cc([N+](=O)[O-])ccc1NC(=O)[C@H](C)OC(=O)c1ccccc1C. The summed E-state index contributed by atoms with van der Waals surface area (Å²) < 4.78 is 10.2. The second-order valence-electron chi connectivity index (χ2n) is 5.49. The highest BCUT2D eigenvalue weighted by Gasteiger charge is 2.21. The Morgan fingerprint density at radius 2 is 1.88 bits per heavy atom. The van der Waals surface area contributed by atoms with Crippen LogP contribution in [0.1, 0.15) is 22.8 Å². The highest BCUT2D eigenvalue weighted by atomic mass is 16.6. The fourth-order valence-electron chi connectivity index (χ4n) is 2.21. The number of nitrogens with zero attached hydrogens (tertiary/aromatic N) is 1. The van der Waals surface area contributed by atoms with Gasteiger partial charge in [-0.15, -0.1) is 0 Å². The Labute approximate surface area is 149 Å². The van der Waals surface area contributed by atoms with Gasteiger partial charge in [-0.1, -0.05) is 18.2 Å². The van der Waals surface area contributed by atoms with Gasteiger partial charge < -0.3 is 14.8 Å². The third-order valence-corrected chi connectivity index (χ3v) is 3.67. The van der Waals surface area contributed by atoms with Crippen LogP contribution in [-0.2, 0) is 9.53 Å². The summed E-state index contributed by atoms with van der Waals surface area (Å²) >= 11 is 0. The van der Waals surface area contributed by atoms with E-state index in [-0.39, 0.29) is 17.1 Å². The van der Waals surface area contributed by atoms with E-state index in [4.69, 9.17) is 9.47 Å². The van der Waals surface area contributed by atoms with Crippen molar-refractivity contribution in [3.8, 4) is 5.75 Å². The fourth-order valence-corrected chi connectivity index (χ4v) is 2.21. The molecule has 2 aromatic rings. The van der Waals surface area contributed by atoms with E-state index >= 15 is 0 Å². The molecule has 1 N–H and O–H groups in total. The van der Waals surface area contributed by atoms with Gasteiger partial charge in [0.25, 0.3) is 11.6 Å². The molecule has 0 bridgehead atoms. The number of hydrogen-bond donors (Lipinski definition) is 1. The van der Waals surface area contributed by atoms with Gasteiger partial charge >= 0.3 is 5.97 Å². The van der Waals surface area contributed by atoms with Crippen LogP contribution in [0.2, 0.25) is 0 Å². The van der Waals surface area contributed by atoms with E-state index in [1.807, 2.05) is 0 Å². The van der Waals surface area contributed by atoms with E-state index < -0.39 is 22.9 Å². The maximum Gasteiger partial charge on any atom is 0.339 e. The molecule has 0 heterocycles. The minimum absolute atomic E-state index is 0.130. The molecule has 0 fully saturated rings. The number of benzene rings is 2. The Morgan fingerprint density at radius 3 is 2.50 bits per heavy atom. The van der Waals surface area contributed by atoms with Crippen LogP contribution in [0.3, 0.4) is 0 Å². The summed E-state index contributed by atoms with van der Waals surface area (Å²) in [6.07, 6.45) is -1.07. The molecule has 0 unspecified atom stereocenters. The Bertz CT molecular complexity index is 849. The summed E-state index contributed by atoms with van der Waals surface area (Å²) in [5.41, 5.74) is 1.18. The molecule has 8 heteroatoms. The van der Waals surface area contributed by atoms with Crippen molar-refractivity contribution in [1.29, 1.82) is 0 Å². The van der Waals surface area contributed by atoms with Crippen molar-refractivity contribution in [3.05, 3.63) is 63.7 Å². The van der Waals surface area contributed by atoms with Gasteiger partial charge in [-0.25, -0.2) is 4.79 Å². The third-order valence-electron chi connectivity index (χ3n) is 3.67. The quantitative estimate of drug-likeness (QED) is 0.483. The van der Waals surface area contributed by atoms with Crippen LogP contribution in [0.25, 0.3) is 0 Å². The standard InChI is InChI=1S/C18H18N2O6/c1-11-6-4-5-7-14(11)18(22)26-12(2)17(21)19-15-9-8-13(20(23)24)10-16(15)25-3/h4-10,12H,1-3H3,(H,19,21)/t12-/m0/s1. The van der Waals surface area contributed by atoms with E-state index in [0.29, 0.717) is 5.56 Å². The number of ether oxygens (including phenoxy) is 2. The summed E-state index contributed by atoms with van der Waals surface area (Å²) in [5, 5.41) is 13.3. The van der Waals surface area contributed by atoms with Crippen LogP contribution in [0, 0.1) is 17.0 Å². The average molecular weight is 358 g/mol. The zero-order valence-electron chi connectivity index (χ0n) is 14.5. The predicted octanol–water partition coefficient (Wildman–Crippen LogP) is 3.10. The van der Waals surface area contributed by atoms with Crippen molar-refractivity contribution in [1.82, 2.24) is 0 Å². The lowest BCUT2D eigenvalue weighted by molar-refractivity contribution is -0.384. The molecular formula is C18H18N2O6. The van der Waals surface area contributed by atoms with Crippen LogP contribution in [0.15, 0.2) is 42.5 Å². The first kappa shape index (κ1) is 18.9. The number of carbonyl (C=O) groups is 2. The number of hydrogen-bond acceptors (Lipinski definition) is 6. The molecule has 136 valence electrons. The van der Waals surface area contributed by atoms with Crippen molar-refractivity contribution >= 4 is 23.3 Å². The second kappa shape index (κ2) is 8.11. The summed E-state index contributed by atoms with van der Waals surface area (Å²) in [4.78, 5) is 34.7. The summed E-state index contributed by atoms with van der Waals surface area (Å²) in [6.45, 7) is 3.20. The van der Waals surface area contributed by atoms with Crippen LogP contribution in [0.4, 0.5) is 11.4 Å².